The number of carbonyl (C=O) groups is 1. The van der Waals surface area contributed by atoms with Gasteiger partial charge in [0.1, 0.15) is 11.6 Å². The maximum atomic E-state index is 14.1. The van der Waals surface area contributed by atoms with Gasteiger partial charge in [0.2, 0.25) is 5.91 Å². The second kappa shape index (κ2) is 6.19. The Bertz CT molecular complexity index is 629. The van der Waals surface area contributed by atoms with Crippen LogP contribution in [-0.2, 0) is 4.79 Å². The van der Waals surface area contributed by atoms with Crippen molar-refractivity contribution in [1.29, 1.82) is 0 Å². The summed E-state index contributed by atoms with van der Waals surface area (Å²) >= 11 is 5.60. The Kier molecular flexibility index (Phi) is 4.55. The number of halogens is 4. The van der Waals surface area contributed by atoms with Crippen LogP contribution in [0.1, 0.15) is 37.3 Å². The van der Waals surface area contributed by atoms with E-state index in [1.54, 1.807) is 0 Å². The van der Waals surface area contributed by atoms with Gasteiger partial charge < -0.3 is 10.6 Å². The lowest BCUT2D eigenvalue weighted by molar-refractivity contribution is -0.124. The normalized spacial score (nSPS) is 29.4. The van der Waals surface area contributed by atoms with Gasteiger partial charge in [0.15, 0.2) is 0 Å². The highest BCUT2D eigenvalue weighted by Gasteiger charge is 2.48. The third kappa shape index (κ3) is 3.32. The van der Waals surface area contributed by atoms with Crippen LogP contribution >= 0.6 is 24.0 Å². The first-order chi connectivity index (χ1) is 10.5. The molecule has 1 amide bonds. The molecule has 2 saturated carbocycles. The molecule has 1 heterocycles. The van der Waals surface area contributed by atoms with E-state index in [4.69, 9.17) is 11.6 Å². The fourth-order valence-electron chi connectivity index (χ4n) is 3.43. The van der Waals surface area contributed by atoms with E-state index >= 15 is 0 Å². The molecule has 1 aromatic carbocycles. The van der Waals surface area contributed by atoms with E-state index < -0.39 is 17.7 Å². The van der Waals surface area contributed by atoms with Crippen molar-refractivity contribution in [2.45, 2.75) is 43.8 Å². The standard InChI is InChI=1S/C16H17ClF2N2O.ClH/c17-10-6-11(18)9(5-12(10)19)15(7-1-2-7)21-16(22)14-4-8-3-13(8)20-14;/h5-8,13-15,20H,1-4H2,(H,21,22);1H/t8-,13-,14-,15?;/m1./s1. The summed E-state index contributed by atoms with van der Waals surface area (Å²) < 4.78 is 27.8. The molecule has 3 aliphatic rings. The monoisotopic (exact) mass is 362 g/mol. The summed E-state index contributed by atoms with van der Waals surface area (Å²) in [5.41, 5.74) is 0.195. The number of hydrogen-bond acceptors (Lipinski definition) is 2. The Morgan fingerprint density at radius 1 is 1.26 bits per heavy atom. The Hall–Kier alpha value is -0.910. The molecule has 3 fully saturated rings. The molecule has 4 atom stereocenters. The van der Waals surface area contributed by atoms with Gasteiger partial charge in [-0.05, 0) is 49.7 Å². The van der Waals surface area contributed by atoms with E-state index in [2.05, 4.69) is 10.6 Å². The number of fused-ring (bicyclic) bond motifs is 1. The molecule has 4 rings (SSSR count). The van der Waals surface area contributed by atoms with E-state index in [9.17, 15) is 13.6 Å². The first-order valence-corrected chi connectivity index (χ1v) is 8.11. The van der Waals surface area contributed by atoms with Crippen molar-refractivity contribution < 1.29 is 13.6 Å². The first-order valence-electron chi connectivity index (χ1n) is 7.74. The van der Waals surface area contributed by atoms with E-state index in [-0.39, 0.29) is 40.9 Å². The van der Waals surface area contributed by atoms with E-state index in [1.165, 1.54) is 0 Å². The minimum Gasteiger partial charge on any atom is -0.348 e. The molecule has 0 bridgehead atoms. The molecule has 0 spiro atoms. The average molecular weight is 363 g/mol. The van der Waals surface area contributed by atoms with Crippen molar-refractivity contribution >= 4 is 29.9 Å². The van der Waals surface area contributed by atoms with Gasteiger partial charge in [0, 0.05) is 11.6 Å². The lowest BCUT2D eigenvalue weighted by Crippen LogP contribution is -2.44. The van der Waals surface area contributed by atoms with Crippen LogP contribution in [0.25, 0.3) is 0 Å². The van der Waals surface area contributed by atoms with Gasteiger partial charge in [0.25, 0.3) is 0 Å². The predicted molar refractivity (Wildman–Crippen MR) is 85.7 cm³/mol. The summed E-state index contributed by atoms with van der Waals surface area (Å²) in [5.74, 6) is -0.544. The maximum absolute atomic E-state index is 14.1. The smallest absolute Gasteiger partial charge is 0.237 e. The highest BCUT2D eigenvalue weighted by Crippen LogP contribution is 2.44. The Morgan fingerprint density at radius 3 is 2.61 bits per heavy atom. The second-order valence-electron chi connectivity index (χ2n) is 6.67. The molecular weight excluding hydrogens is 345 g/mol. The van der Waals surface area contributed by atoms with Crippen molar-refractivity contribution in [3.05, 3.63) is 34.4 Å². The van der Waals surface area contributed by atoms with Crippen molar-refractivity contribution in [3.63, 3.8) is 0 Å². The van der Waals surface area contributed by atoms with Crippen LogP contribution in [-0.4, -0.2) is 18.0 Å². The van der Waals surface area contributed by atoms with Crippen LogP contribution in [0.3, 0.4) is 0 Å². The maximum Gasteiger partial charge on any atom is 0.237 e. The van der Waals surface area contributed by atoms with Crippen molar-refractivity contribution in [3.8, 4) is 0 Å². The van der Waals surface area contributed by atoms with Crippen LogP contribution in [0.4, 0.5) is 8.78 Å². The third-order valence-electron chi connectivity index (χ3n) is 4.96. The number of hydrogen-bond donors (Lipinski definition) is 2. The number of benzene rings is 1. The van der Waals surface area contributed by atoms with Gasteiger partial charge in [-0.25, -0.2) is 8.78 Å². The third-order valence-corrected chi connectivity index (χ3v) is 5.25. The lowest BCUT2D eigenvalue weighted by Gasteiger charge is -2.22. The highest BCUT2D eigenvalue weighted by atomic mass is 35.5. The number of amides is 1. The van der Waals surface area contributed by atoms with E-state index in [0.717, 1.165) is 37.8 Å². The quantitative estimate of drug-likeness (QED) is 0.806. The summed E-state index contributed by atoms with van der Waals surface area (Å²) in [6, 6.07) is 1.89. The highest BCUT2D eigenvalue weighted by molar-refractivity contribution is 6.30. The van der Waals surface area contributed by atoms with E-state index in [1.807, 2.05) is 0 Å². The van der Waals surface area contributed by atoms with Crippen molar-refractivity contribution in [1.82, 2.24) is 10.6 Å². The second-order valence-corrected chi connectivity index (χ2v) is 7.08. The summed E-state index contributed by atoms with van der Waals surface area (Å²) in [6.07, 6.45) is 3.81. The molecule has 1 saturated heterocycles. The number of piperidine rings is 1. The van der Waals surface area contributed by atoms with Gasteiger partial charge in [-0.3, -0.25) is 4.79 Å². The van der Waals surface area contributed by atoms with Crippen LogP contribution in [0.2, 0.25) is 5.02 Å². The predicted octanol–water partition coefficient (Wildman–Crippen LogP) is 3.36. The minimum atomic E-state index is -0.654. The Balaban J connectivity index is 0.00000156. The molecule has 1 aliphatic heterocycles. The molecule has 0 radical (unpaired) electrons. The van der Waals surface area contributed by atoms with E-state index in [0.29, 0.717) is 12.0 Å². The lowest BCUT2D eigenvalue weighted by atomic mass is 10.0. The fraction of sp³-hybridized carbons (Fsp3) is 0.562. The topological polar surface area (TPSA) is 41.1 Å². The van der Waals surface area contributed by atoms with Gasteiger partial charge in [-0.15, -0.1) is 12.4 Å². The zero-order chi connectivity index (χ0) is 15.4. The minimum absolute atomic E-state index is 0. The molecule has 126 valence electrons. The number of carbonyl (C=O) groups excluding carboxylic acids is 1. The van der Waals surface area contributed by atoms with Gasteiger partial charge in [-0.1, -0.05) is 11.6 Å². The molecule has 1 unspecified atom stereocenters. The summed E-state index contributed by atoms with van der Waals surface area (Å²) in [4.78, 5) is 12.4. The molecule has 3 nitrogen and oxygen atoms in total. The first kappa shape index (κ1) is 16.9. The zero-order valence-corrected chi connectivity index (χ0v) is 13.9. The summed E-state index contributed by atoms with van der Waals surface area (Å²) in [5, 5.41) is 5.96. The zero-order valence-electron chi connectivity index (χ0n) is 12.3. The molecule has 2 N–H and O–H groups in total. The van der Waals surface area contributed by atoms with Crippen LogP contribution in [0, 0.1) is 23.5 Å². The Labute approximate surface area is 144 Å². The SMILES string of the molecule is Cl.O=C(NC(c1cc(F)c(Cl)cc1F)C1CC1)[C@H]1C[C@H]2C[C@H]2N1. The van der Waals surface area contributed by atoms with Crippen molar-refractivity contribution in [2.75, 3.05) is 0 Å². The van der Waals surface area contributed by atoms with Gasteiger partial charge in [-0.2, -0.15) is 0 Å². The molecular formula is C16H18Cl2F2N2O. The fourth-order valence-corrected chi connectivity index (χ4v) is 3.58. The van der Waals surface area contributed by atoms with Crippen LogP contribution in [0.5, 0.6) is 0 Å². The Morgan fingerprint density at radius 2 is 2.00 bits per heavy atom. The molecule has 7 heteroatoms. The van der Waals surface area contributed by atoms with Crippen LogP contribution < -0.4 is 10.6 Å². The average Bonchev–Trinajstić information content (AvgIpc) is 3.40. The molecule has 23 heavy (non-hydrogen) atoms. The van der Waals surface area contributed by atoms with Gasteiger partial charge >= 0.3 is 0 Å². The number of rotatable bonds is 4. The molecule has 0 aromatic heterocycles. The number of nitrogens with one attached hydrogen (secondary N) is 2. The van der Waals surface area contributed by atoms with Crippen molar-refractivity contribution in [2.24, 2.45) is 11.8 Å². The molecule has 1 aromatic rings. The van der Waals surface area contributed by atoms with Gasteiger partial charge in [0.05, 0.1) is 17.1 Å². The largest absolute Gasteiger partial charge is 0.348 e. The summed E-state index contributed by atoms with van der Waals surface area (Å²) in [7, 11) is 0. The van der Waals surface area contributed by atoms with Crippen LogP contribution in [0.15, 0.2) is 12.1 Å². The molecule has 2 aliphatic carbocycles. The summed E-state index contributed by atoms with van der Waals surface area (Å²) in [6.45, 7) is 0.